The zero-order chi connectivity index (χ0) is 27.2. The summed E-state index contributed by atoms with van der Waals surface area (Å²) in [6, 6.07) is 3.18. The molecule has 0 radical (unpaired) electrons. The molecule has 0 amide bonds. The molecule has 0 unspecified atom stereocenters. The molecule has 4 atom stereocenters. The van der Waals surface area contributed by atoms with Crippen LogP contribution in [-0.4, -0.2) is 54.7 Å². The molecule has 10 heteroatoms. The van der Waals surface area contributed by atoms with Gasteiger partial charge >= 0.3 is 17.9 Å². The van der Waals surface area contributed by atoms with Crippen LogP contribution in [0, 0.1) is 0 Å². The van der Waals surface area contributed by atoms with Gasteiger partial charge in [0.1, 0.15) is 12.2 Å². The van der Waals surface area contributed by atoms with Crippen LogP contribution in [0.4, 0.5) is 0 Å². The van der Waals surface area contributed by atoms with Gasteiger partial charge in [0, 0.05) is 16.7 Å². The maximum absolute atomic E-state index is 13.0. The number of benzene rings is 1. The van der Waals surface area contributed by atoms with Crippen LogP contribution >= 0.6 is 0 Å². The zero-order valence-electron chi connectivity index (χ0n) is 21.9. The van der Waals surface area contributed by atoms with Crippen LogP contribution in [0.1, 0.15) is 60.1 Å². The third-order valence-corrected chi connectivity index (χ3v) is 5.96. The molecule has 36 heavy (non-hydrogen) atoms. The molecule has 0 saturated heterocycles. The van der Waals surface area contributed by atoms with E-state index in [0.29, 0.717) is 34.0 Å². The number of aliphatic hydroxyl groups is 1. The number of allylic oxidation sites excluding steroid dienone is 2. The van der Waals surface area contributed by atoms with E-state index in [-0.39, 0.29) is 6.79 Å². The van der Waals surface area contributed by atoms with Crippen molar-refractivity contribution in [3.63, 3.8) is 0 Å². The number of rotatable bonds is 10. The Balaban J connectivity index is 2.34. The third-order valence-electron chi connectivity index (χ3n) is 5.96. The SMILES string of the molecule is C/C=C(/C)C(=O)O[C@@H](C)[C@@](C)(O)C(=O)O[C@H](C)[C@@H](OC(=O)/C(C)=C\C)c1cc(OC)c2c(c1)OCO2. The summed E-state index contributed by atoms with van der Waals surface area (Å²) in [7, 11) is 1.45. The smallest absolute Gasteiger partial charge is 0.342 e. The van der Waals surface area contributed by atoms with Gasteiger partial charge in [-0.3, -0.25) is 0 Å². The monoisotopic (exact) mass is 506 g/mol. The van der Waals surface area contributed by atoms with E-state index in [1.54, 1.807) is 52.0 Å². The van der Waals surface area contributed by atoms with Gasteiger partial charge in [0.15, 0.2) is 23.2 Å². The summed E-state index contributed by atoms with van der Waals surface area (Å²) in [5, 5.41) is 10.8. The molecule has 0 fully saturated rings. The Morgan fingerprint density at radius 2 is 1.58 bits per heavy atom. The van der Waals surface area contributed by atoms with Crippen LogP contribution in [0.25, 0.3) is 0 Å². The summed E-state index contributed by atoms with van der Waals surface area (Å²) in [6.45, 7) is 10.6. The number of carbonyl (C=O) groups is 3. The Morgan fingerprint density at radius 3 is 2.14 bits per heavy atom. The molecule has 1 N–H and O–H groups in total. The molecule has 2 rings (SSSR count). The fourth-order valence-corrected chi connectivity index (χ4v) is 3.08. The second-order valence-corrected chi connectivity index (χ2v) is 8.53. The van der Waals surface area contributed by atoms with Gasteiger partial charge in [-0.05, 0) is 60.6 Å². The van der Waals surface area contributed by atoms with E-state index in [9.17, 15) is 19.5 Å². The topological polar surface area (TPSA) is 127 Å². The fourth-order valence-electron chi connectivity index (χ4n) is 3.08. The van der Waals surface area contributed by atoms with E-state index in [4.69, 9.17) is 28.4 Å². The maximum Gasteiger partial charge on any atom is 0.342 e. The lowest BCUT2D eigenvalue weighted by atomic mass is 9.99. The van der Waals surface area contributed by atoms with Gasteiger partial charge in [0.05, 0.1) is 7.11 Å². The first-order chi connectivity index (χ1) is 16.9. The summed E-state index contributed by atoms with van der Waals surface area (Å²) in [6.07, 6.45) is -0.252. The van der Waals surface area contributed by atoms with Crippen molar-refractivity contribution >= 4 is 17.9 Å². The molecule has 1 aromatic carbocycles. The molecule has 1 aliphatic heterocycles. The van der Waals surface area contributed by atoms with Gasteiger partial charge in [0.2, 0.25) is 12.5 Å². The van der Waals surface area contributed by atoms with E-state index in [1.165, 1.54) is 27.9 Å². The molecule has 1 aliphatic rings. The predicted molar refractivity (Wildman–Crippen MR) is 129 cm³/mol. The number of carbonyl (C=O) groups excluding carboxylic acids is 3. The van der Waals surface area contributed by atoms with Crippen molar-refractivity contribution in [1.29, 1.82) is 0 Å². The predicted octanol–water partition coefficient (Wildman–Crippen LogP) is 3.56. The second-order valence-electron chi connectivity index (χ2n) is 8.53. The molecular formula is C26H34O10. The minimum Gasteiger partial charge on any atom is -0.493 e. The average Bonchev–Trinajstić information content (AvgIpc) is 3.33. The molecule has 0 aliphatic carbocycles. The van der Waals surface area contributed by atoms with Gasteiger partial charge < -0.3 is 33.5 Å². The van der Waals surface area contributed by atoms with E-state index in [2.05, 4.69) is 0 Å². The summed E-state index contributed by atoms with van der Waals surface area (Å²) < 4.78 is 32.7. The third kappa shape index (κ3) is 6.37. The van der Waals surface area contributed by atoms with Gasteiger partial charge in [-0.2, -0.15) is 0 Å². The van der Waals surface area contributed by atoms with E-state index in [1.807, 2.05) is 0 Å². The number of hydrogen-bond acceptors (Lipinski definition) is 10. The summed E-state index contributed by atoms with van der Waals surface area (Å²) in [5.74, 6) is -1.25. The molecule has 0 aromatic heterocycles. The lowest BCUT2D eigenvalue weighted by molar-refractivity contribution is -0.192. The summed E-state index contributed by atoms with van der Waals surface area (Å²) in [5.41, 5.74) is -1.10. The van der Waals surface area contributed by atoms with Crippen molar-refractivity contribution in [2.45, 2.75) is 72.4 Å². The largest absolute Gasteiger partial charge is 0.493 e. The lowest BCUT2D eigenvalue weighted by Crippen LogP contribution is -2.49. The first-order valence-electron chi connectivity index (χ1n) is 11.5. The second kappa shape index (κ2) is 11.9. The van der Waals surface area contributed by atoms with Crippen LogP contribution in [0.3, 0.4) is 0 Å². The molecule has 198 valence electrons. The van der Waals surface area contributed by atoms with Gasteiger partial charge in [0.25, 0.3) is 0 Å². The highest BCUT2D eigenvalue weighted by atomic mass is 16.7. The Bertz CT molecular complexity index is 1050. The standard InChI is InChI=1S/C26H34O10/c1-9-14(3)23(27)35-17(6)26(7,30)25(29)34-16(5)21(36-24(28)15(4)10-2)18-11-19(31-8)22-20(12-18)32-13-33-22/h9-12,16-17,21,30H,13H2,1-8H3/b14-9-,15-10-/t16-,17+,21-,26-/m1/s1. The van der Waals surface area contributed by atoms with Crippen molar-refractivity contribution in [3.8, 4) is 17.2 Å². The fraction of sp³-hybridized carbons (Fsp3) is 0.500. The Kier molecular flexibility index (Phi) is 9.52. The minimum absolute atomic E-state index is 0.00596. The van der Waals surface area contributed by atoms with Crippen molar-refractivity contribution in [3.05, 3.63) is 41.0 Å². The lowest BCUT2D eigenvalue weighted by Gasteiger charge is -2.31. The van der Waals surface area contributed by atoms with Crippen molar-refractivity contribution in [2.75, 3.05) is 13.9 Å². The van der Waals surface area contributed by atoms with Crippen molar-refractivity contribution in [2.24, 2.45) is 0 Å². The summed E-state index contributed by atoms with van der Waals surface area (Å²) in [4.78, 5) is 37.7. The number of hydrogen-bond donors (Lipinski definition) is 1. The van der Waals surface area contributed by atoms with Crippen LogP contribution in [0.5, 0.6) is 17.2 Å². The number of methoxy groups -OCH3 is 1. The quantitative estimate of drug-likeness (QED) is 0.286. The van der Waals surface area contributed by atoms with Crippen LogP contribution in [0.2, 0.25) is 0 Å². The Morgan fingerprint density at radius 1 is 1.00 bits per heavy atom. The van der Waals surface area contributed by atoms with Crippen LogP contribution < -0.4 is 14.2 Å². The van der Waals surface area contributed by atoms with Gasteiger partial charge in [-0.15, -0.1) is 0 Å². The van der Waals surface area contributed by atoms with Gasteiger partial charge in [-0.25, -0.2) is 14.4 Å². The van der Waals surface area contributed by atoms with Crippen molar-refractivity contribution in [1.82, 2.24) is 0 Å². The van der Waals surface area contributed by atoms with E-state index < -0.39 is 41.8 Å². The number of fused-ring (bicyclic) bond motifs is 1. The number of ether oxygens (including phenoxy) is 6. The normalized spacial score (nSPS) is 17.4. The van der Waals surface area contributed by atoms with E-state index >= 15 is 0 Å². The highest BCUT2D eigenvalue weighted by Crippen LogP contribution is 2.44. The van der Waals surface area contributed by atoms with Gasteiger partial charge in [-0.1, -0.05) is 12.2 Å². The van der Waals surface area contributed by atoms with E-state index in [0.717, 1.165) is 0 Å². The van der Waals surface area contributed by atoms with Crippen LogP contribution in [0.15, 0.2) is 35.4 Å². The molecular weight excluding hydrogens is 472 g/mol. The molecule has 1 heterocycles. The molecule has 10 nitrogen and oxygen atoms in total. The van der Waals surface area contributed by atoms with Crippen LogP contribution in [-0.2, 0) is 28.6 Å². The molecule has 0 saturated carbocycles. The zero-order valence-corrected chi connectivity index (χ0v) is 21.9. The molecule has 0 spiro atoms. The first-order valence-corrected chi connectivity index (χ1v) is 11.5. The Hall–Kier alpha value is -3.53. The van der Waals surface area contributed by atoms with Crippen molar-refractivity contribution < 1.29 is 47.9 Å². The average molecular weight is 507 g/mol. The molecule has 1 aromatic rings. The maximum atomic E-state index is 13.0. The molecule has 0 bridgehead atoms. The number of esters is 3. The summed E-state index contributed by atoms with van der Waals surface area (Å²) >= 11 is 0. The minimum atomic E-state index is -2.18. The highest BCUT2D eigenvalue weighted by molar-refractivity contribution is 5.89. The Labute approximate surface area is 210 Å². The first kappa shape index (κ1) is 28.7. The highest BCUT2D eigenvalue weighted by Gasteiger charge is 2.43.